The first kappa shape index (κ1) is 15.4. The second kappa shape index (κ2) is 6.53. The second-order valence-corrected chi connectivity index (χ2v) is 5.81. The molecule has 1 aliphatic rings. The Bertz CT molecular complexity index is 271. The molecule has 1 heterocycles. The Labute approximate surface area is 111 Å². The molecule has 1 rings (SSSR count). The van der Waals surface area contributed by atoms with E-state index in [1.54, 1.807) is 6.92 Å². The van der Waals surface area contributed by atoms with Crippen LogP contribution in [0.15, 0.2) is 0 Å². The van der Waals surface area contributed by atoms with Crippen molar-refractivity contribution in [2.45, 2.75) is 58.5 Å². The number of piperidine rings is 1. The fourth-order valence-corrected chi connectivity index (χ4v) is 2.73. The predicted octanol–water partition coefficient (Wildman–Crippen LogP) is 1.43. The van der Waals surface area contributed by atoms with Gasteiger partial charge in [-0.1, -0.05) is 20.3 Å². The lowest BCUT2D eigenvalue weighted by atomic mass is 9.75. The highest BCUT2D eigenvalue weighted by Crippen LogP contribution is 2.32. The summed E-state index contributed by atoms with van der Waals surface area (Å²) in [6.07, 6.45) is 4.30. The minimum Gasteiger partial charge on any atom is -0.388 e. The van der Waals surface area contributed by atoms with E-state index in [0.717, 1.165) is 38.8 Å². The van der Waals surface area contributed by atoms with Crippen LogP contribution in [0.4, 0.5) is 0 Å². The van der Waals surface area contributed by atoms with Gasteiger partial charge in [0.2, 0.25) is 5.91 Å². The van der Waals surface area contributed by atoms with Crippen LogP contribution in [0.25, 0.3) is 0 Å². The van der Waals surface area contributed by atoms with Gasteiger partial charge in [0.1, 0.15) is 0 Å². The number of hydrogen-bond donors (Lipinski definition) is 3. The zero-order valence-electron chi connectivity index (χ0n) is 12.0. The van der Waals surface area contributed by atoms with E-state index >= 15 is 0 Å². The smallest absolute Gasteiger partial charge is 0.226 e. The van der Waals surface area contributed by atoms with Crippen molar-refractivity contribution in [3.05, 3.63) is 0 Å². The third-order valence-corrected chi connectivity index (χ3v) is 4.14. The number of rotatable bonds is 6. The lowest BCUT2D eigenvalue weighted by Gasteiger charge is -2.36. The van der Waals surface area contributed by atoms with Crippen molar-refractivity contribution in [1.82, 2.24) is 10.6 Å². The number of aliphatic hydroxyl groups is 1. The molecule has 106 valence electrons. The summed E-state index contributed by atoms with van der Waals surface area (Å²) in [6.45, 7) is 8.08. The molecular weight excluding hydrogens is 228 g/mol. The van der Waals surface area contributed by atoms with Gasteiger partial charge in [0.05, 0.1) is 11.0 Å². The van der Waals surface area contributed by atoms with E-state index in [-0.39, 0.29) is 11.3 Å². The molecule has 4 nitrogen and oxygen atoms in total. The maximum atomic E-state index is 12.4. The molecule has 3 N–H and O–H groups in total. The number of carbonyl (C=O) groups excluding carboxylic acids is 1. The molecule has 0 spiro atoms. The lowest BCUT2D eigenvalue weighted by molar-refractivity contribution is -0.134. The molecule has 0 bridgehead atoms. The monoisotopic (exact) mass is 256 g/mol. The highest BCUT2D eigenvalue weighted by Gasteiger charge is 2.38. The molecule has 0 aromatic rings. The van der Waals surface area contributed by atoms with E-state index in [9.17, 15) is 9.90 Å². The van der Waals surface area contributed by atoms with Crippen LogP contribution in [0, 0.1) is 5.41 Å². The summed E-state index contributed by atoms with van der Waals surface area (Å²) in [5, 5.41) is 16.3. The zero-order chi connectivity index (χ0) is 13.6. The maximum absolute atomic E-state index is 12.4. The van der Waals surface area contributed by atoms with Crippen molar-refractivity contribution < 1.29 is 9.90 Å². The van der Waals surface area contributed by atoms with Gasteiger partial charge < -0.3 is 15.7 Å². The van der Waals surface area contributed by atoms with Crippen LogP contribution in [-0.2, 0) is 4.79 Å². The Morgan fingerprint density at radius 2 is 2.00 bits per heavy atom. The van der Waals surface area contributed by atoms with E-state index in [1.807, 2.05) is 6.92 Å². The van der Waals surface area contributed by atoms with Gasteiger partial charge in [-0.3, -0.25) is 4.79 Å². The van der Waals surface area contributed by atoms with Crippen molar-refractivity contribution in [1.29, 1.82) is 0 Å². The summed E-state index contributed by atoms with van der Waals surface area (Å²) in [5.74, 6) is 0.114. The standard InChI is InChI=1S/C14H28N2O2/c1-4-6-13(3,18)11-16-12(17)14(5-2)7-9-15-10-8-14/h15,18H,4-11H2,1-3H3,(H,16,17). The van der Waals surface area contributed by atoms with Gasteiger partial charge in [-0.2, -0.15) is 0 Å². The second-order valence-electron chi connectivity index (χ2n) is 5.81. The zero-order valence-corrected chi connectivity index (χ0v) is 12.0. The Balaban J connectivity index is 2.52. The largest absolute Gasteiger partial charge is 0.388 e. The molecule has 0 aromatic carbocycles. The molecule has 1 fully saturated rings. The Morgan fingerprint density at radius 1 is 1.39 bits per heavy atom. The summed E-state index contributed by atoms with van der Waals surface area (Å²) < 4.78 is 0. The van der Waals surface area contributed by atoms with Crippen LogP contribution in [0.1, 0.15) is 52.9 Å². The summed E-state index contributed by atoms with van der Waals surface area (Å²) in [5.41, 5.74) is -1.01. The van der Waals surface area contributed by atoms with E-state index in [1.165, 1.54) is 0 Å². The van der Waals surface area contributed by atoms with Crippen LogP contribution in [0.2, 0.25) is 0 Å². The van der Waals surface area contributed by atoms with Gasteiger partial charge in [-0.25, -0.2) is 0 Å². The van der Waals surface area contributed by atoms with Crippen molar-refractivity contribution in [3.8, 4) is 0 Å². The Morgan fingerprint density at radius 3 is 2.50 bits per heavy atom. The van der Waals surface area contributed by atoms with E-state index in [4.69, 9.17) is 0 Å². The SMILES string of the molecule is CCCC(C)(O)CNC(=O)C1(CC)CCNCC1. The minimum atomic E-state index is -0.785. The fraction of sp³-hybridized carbons (Fsp3) is 0.929. The van der Waals surface area contributed by atoms with Crippen LogP contribution in [-0.4, -0.2) is 36.2 Å². The molecule has 18 heavy (non-hydrogen) atoms. The van der Waals surface area contributed by atoms with Crippen molar-refractivity contribution in [2.24, 2.45) is 5.41 Å². The van der Waals surface area contributed by atoms with Gasteiger partial charge in [-0.05, 0) is 45.7 Å². The van der Waals surface area contributed by atoms with Gasteiger partial charge in [-0.15, -0.1) is 0 Å². The summed E-state index contributed by atoms with van der Waals surface area (Å²) >= 11 is 0. The van der Waals surface area contributed by atoms with Crippen molar-refractivity contribution in [2.75, 3.05) is 19.6 Å². The van der Waals surface area contributed by atoms with E-state index < -0.39 is 5.60 Å². The van der Waals surface area contributed by atoms with E-state index in [2.05, 4.69) is 17.6 Å². The van der Waals surface area contributed by atoms with E-state index in [0.29, 0.717) is 13.0 Å². The van der Waals surface area contributed by atoms with Gasteiger partial charge in [0.15, 0.2) is 0 Å². The molecule has 0 saturated carbocycles. The van der Waals surface area contributed by atoms with Crippen molar-refractivity contribution >= 4 is 5.91 Å². The third kappa shape index (κ3) is 3.95. The Hall–Kier alpha value is -0.610. The van der Waals surface area contributed by atoms with Gasteiger partial charge in [0, 0.05) is 6.54 Å². The summed E-state index contributed by atoms with van der Waals surface area (Å²) in [7, 11) is 0. The molecule has 0 radical (unpaired) electrons. The van der Waals surface area contributed by atoms with Crippen LogP contribution in [0.3, 0.4) is 0 Å². The maximum Gasteiger partial charge on any atom is 0.226 e. The molecule has 1 unspecified atom stereocenters. The first-order valence-corrected chi connectivity index (χ1v) is 7.17. The highest BCUT2D eigenvalue weighted by molar-refractivity contribution is 5.82. The molecule has 4 heteroatoms. The average molecular weight is 256 g/mol. The van der Waals surface area contributed by atoms with Gasteiger partial charge >= 0.3 is 0 Å². The van der Waals surface area contributed by atoms with Crippen molar-refractivity contribution in [3.63, 3.8) is 0 Å². The normalized spacial score (nSPS) is 22.2. The third-order valence-electron chi connectivity index (χ3n) is 4.14. The number of nitrogens with one attached hydrogen (secondary N) is 2. The Kier molecular flexibility index (Phi) is 5.60. The number of amides is 1. The first-order chi connectivity index (χ1) is 8.46. The molecule has 1 aliphatic heterocycles. The average Bonchev–Trinajstić information content (AvgIpc) is 2.37. The lowest BCUT2D eigenvalue weighted by Crippen LogP contribution is -2.50. The summed E-state index contributed by atoms with van der Waals surface area (Å²) in [4.78, 5) is 12.4. The molecule has 0 aromatic heterocycles. The van der Waals surface area contributed by atoms with Crippen LogP contribution < -0.4 is 10.6 Å². The molecular formula is C14H28N2O2. The number of hydrogen-bond acceptors (Lipinski definition) is 3. The molecule has 1 amide bonds. The first-order valence-electron chi connectivity index (χ1n) is 7.17. The highest BCUT2D eigenvalue weighted by atomic mass is 16.3. The molecule has 1 saturated heterocycles. The van der Waals surface area contributed by atoms with Crippen LogP contribution >= 0.6 is 0 Å². The molecule has 0 aliphatic carbocycles. The predicted molar refractivity (Wildman–Crippen MR) is 73.4 cm³/mol. The topological polar surface area (TPSA) is 61.4 Å². The van der Waals surface area contributed by atoms with Crippen LogP contribution in [0.5, 0.6) is 0 Å². The fourth-order valence-electron chi connectivity index (χ4n) is 2.73. The quantitative estimate of drug-likeness (QED) is 0.674. The van der Waals surface area contributed by atoms with Gasteiger partial charge in [0.25, 0.3) is 0 Å². The minimum absolute atomic E-state index is 0.114. The number of carbonyl (C=O) groups is 1. The summed E-state index contributed by atoms with van der Waals surface area (Å²) in [6, 6.07) is 0. The molecule has 1 atom stereocenters.